The summed E-state index contributed by atoms with van der Waals surface area (Å²) in [5.74, 6) is 0.0458. The lowest BCUT2D eigenvalue weighted by Crippen LogP contribution is -2.35. The third-order valence-corrected chi connectivity index (χ3v) is 4.39. The fraction of sp³-hybridized carbons (Fsp3) is 0.944. The van der Waals surface area contributed by atoms with Gasteiger partial charge in [-0.15, -0.1) is 0 Å². The number of hydrogen-bond acceptors (Lipinski definition) is 2. The van der Waals surface area contributed by atoms with E-state index in [1.807, 2.05) is 0 Å². The van der Waals surface area contributed by atoms with Gasteiger partial charge in [0.15, 0.2) is 5.78 Å². The van der Waals surface area contributed by atoms with Crippen molar-refractivity contribution in [2.24, 2.45) is 5.41 Å². The molecule has 2 nitrogen and oxygen atoms in total. The first kappa shape index (κ1) is 19.6. The van der Waals surface area contributed by atoms with Gasteiger partial charge in [-0.05, 0) is 19.8 Å². The lowest BCUT2D eigenvalue weighted by molar-refractivity contribution is -0.136. The van der Waals surface area contributed by atoms with Crippen molar-refractivity contribution >= 4 is 5.78 Å². The van der Waals surface area contributed by atoms with E-state index in [9.17, 15) is 9.90 Å². The maximum absolute atomic E-state index is 12.3. The predicted octanol–water partition coefficient (Wildman–Crippen LogP) is 5.27. The zero-order valence-electron chi connectivity index (χ0n) is 14.2. The Balaban J connectivity index is 4.27. The van der Waals surface area contributed by atoms with Crippen LogP contribution in [0.15, 0.2) is 0 Å². The molecule has 1 N–H and O–H groups in total. The number of carbonyl (C=O) groups is 1. The van der Waals surface area contributed by atoms with Crippen LogP contribution in [0.2, 0.25) is 0 Å². The van der Waals surface area contributed by atoms with Crippen LogP contribution in [0.4, 0.5) is 0 Å². The summed E-state index contributed by atoms with van der Waals surface area (Å²) in [4.78, 5) is 12.3. The Morgan fingerprint density at radius 1 is 0.900 bits per heavy atom. The average Bonchev–Trinajstić information content (AvgIpc) is 2.42. The molecular formula is C18H36O2. The molecule has 2 heteroatoms. The van der Waals surface area contributed by atoms with Gasteiger partial charge in [0.1, 0.15) is 6.10 Å². The fourth-order valence-electron chi connectivity index (χ4n) is 2.94. The molecule has 0 rings (SSSR count). The normalized spacial score (nSPS) is 15.8. The first-order valence-corrected chi connectivity index (χ1v) is 8.70. The molecule has 0 spiro atoms. The summed E-state index contributed by atoms with van der Waals surface area (Å²) in [6, 6.07) is 0. The van der Waals surface area contributed by atoms with Crippen LogP contribution >= 0.6 is 0 Å². The van der Waals surface area contributed by atoms with Gasteiger partial charge in [0.2, 0.25) is 0 Å². The first-order valence-electron chi connectivity index (χ1n) is 8.70. The van der Waals surface area contributed by atoms with Crippen molar-refractivity contribution in [1.82, 2.24) is 0 Å². The Hall–Kier alpha value is -0.370. The first-order chi connectivity index (χ1) is 9.48. The highest BCUT2D eigenvalue weighted by atomic mass is 16.3. The highest BCUT2D eigenvalue weighted by Gasteiger charge is 2.34. The van der Waals surface area contributed by atoms with E-state index < -0.39 is 6.10 Å². The van der Waals surface area contributed by atoms with Crippen molar-refractivity contribution in [2.75, 3.05) is 0 Å². The summed E-state index contributed by atoms with van der Waals surface area (Å²) in [7, 11) is 0. The van der Waals surface area contributed by atoms with Crippen molar-refractivity contribution in [3.8, 4) is 0 Å². The third-order valence-electron chi connectivity index (χ3n) is 4.39. The van der Waals surface area contributed by atoms with E-state index in [4.69, 9.17) is 0 Å². The molecule has 0 saturated heterocycles. The molecule has 0 aromatic carbocycles. The Morgan fingerprint density at radius 2 is 1.30 bits per heavy atom. The molecule has 0 radical (unpaired) electrons. The van der Waals surface area contributed by atoms with E-state index in [1.54, 1.807) is 6.92 Å². The Bertz CT molecular complexity index is 248. The minimum atomic E-state index is -0.818. The number of Topliss-reactive ketones (excluding diaryl/α,β-unsaturated/α-hetero) is 1. The molecule has 0 amide bonds. The van der Waals surface area contributed by atoms with Gasteiger partial charge in [-0.1, -0.05) is 78.6 Å². The molecule has 0 fully saturated rings. The minimum Gasteiger partial charge on any atom is -0.386 e. The molecule has 0 aromatic heterocycles. The van der Waals surface area contributed by atoms with E-state index in [1.165, 1.54) is 44.9 Å². The molecule has 0 bridgehead atoms. The van der Waals surface area contributed by atoms with Crippen molar-refractivity contribution in [3.63, 3.8) is 0 Å². The van der Waals surface area contributed by atoms with Gasteiger partial charge in [-0.2, -0.15) is 0 Å². The number of aliphatic hydroxyl groups is 1. The summed E-state index contributed by atoms with van der Waals surface area (Å²) in [5, 5.41) is 9.65. The standard InChI is InChI=1S/C18H36O2/c1-5-7-9-11-13-15-18(4,17(20)16(3)19)14-12-10-8-6-2/h16,19H,5-15H2,1-4H3. The number of carbonyl (C=O) groups excluding carboxylic acids is 1. The van der Waals surface area contributed by atoms with Crippen molar-refractivity contribution in [1.29, 1.82) is 0 Å². The van der Waals surface area contributed by atoms with E-state index in [0.29, 0.717) is 0 Å². The minimum absolute atomic E-state index is 0.0458. The van der Waals surface area contributed by atoms with E-state index in [-0.39, 0.29) is 11.2 Å². The lowest BCUT2D eigenvalue weighted by atomic mass is 9.74. The van der Waals surface area contributed by atoms with Gasteiger partial charge in [-0.3, -0.25) is 4.79 Å². The van der Waals surface area contributed by atoms with Gasteiger partial charge in [-0.25, -0.2) is 0 Å². The second kappa shape index (κ2) is 11.3. The molecular weight excluding hydrogens is 248 g/mol. The molecule has 0 aliphatic heterocycles. The number of ketones is 1. The largest absolute Gasteiger partial charge is 0.386 e. The molecule has 120 valence electrons. The topological polar surface area (TPSA) is 37.3 Å². The number of hydrogen-bond donors (Lipinski definition) is 1. The molecule has 20 heavy (non-hydrogen) atoms. The van der Waals surface area contributed by atoms with Crippen LogP contribution in [0.5, 0.6) is 0 Å². The number of aliphatic hydroxyl groups excluding tert-OH is 1. The summed E-state index contributed by atoms with van der Waals surface area (Å²) in [5.41, 5.74) is -0.311. The van der Waals surface area contributed by atoms with Crippen LogP contribution in [-0.2, 0) is 4.79 Å². The van der Waals surface area contributed by atoms with E-state index in [2.05, 4.69) is 20.8 Å². The highest BCUT2D eigenvalue weighted by molar-refractivity contribution is 5.87. The molecule has 0 aromatic rings. The van der Waals surface area contributed by atoms with Crippen LogP contribution in [0.1, 0.15) is 98.3 Å². The van der Waals surface area contributed by atoms with Crippen LogP contribution in [-0.4, -0.2) is 17.0 Å². The molecule has 0 aliphatic carbocycles. The van der Waals surface area contributed by atoms with Crippen LogP contribution < -0.4 is 0 Å². The van der Waals surface area contributed by atoms with Crippen LogP contribution in [0.3, 0.4) is 0 Å². The molecule has 2 atom stereocenters. The van der Waals surface area contributed by atoms with Crippen molar-refractivity contribution < 1.29 is 9.90 Å². The number of rotatable bonds is 13. The number of unbranched alkanes of at least 4 members (excludes halogenated alkanes) is 7. The Labute approximate surface area is 126 Å². The maximum Gasteiger partial charge on any atom is 0.166 e. The van der Waals surface area contributed by atoms with Gasteiger partial charge >= 0.3 is 0 Å². The summed E-state index contributed by atoms with van der Waals surface area (Å²) in [6.45, 7) is 8.10. The average molecular weight is 284 g/mol. The fourth-order valence-corrected chi connectivity index (χ4v) is 2.94. The van der Waals surface area contributed by atoms with E-state index >= 15 is 0 Å². The molecule has 0 saturated carbocycles. The molecule has 0 heterocycles. The molecule has 0 aliphatic rings. The summed E-state index contributed by atoms with van der Waals surface area (Å²) >= 11 is 0. The van der Waals surface area contributed by atoms with Gasteiger partial charge in [0, 0.05) is 5.41 Å². The van der Waals surface area contributed by atoms with Crippen LogP contribution in [0, 0.1) is 5.41 Å². The Morgan fingerprint density at radius 3 is 1.70 bits per heavy atom. The van der Waals surface area contributed by atoms with E-state index in [0.717, 1.165) is 25.7 Å². The highest BCUT2D eigenvalue weighted by Crippen LogP contribution is 2.33. The second-order valence-electron chi connectivity index (χ2n) is 6.58. The Kier molecular flexibility index (Phi) is 11.1. The second-order valence-corrected chi connectivity index (χ2v) is 6.58. The zero-order chi connectivity index (χ0) is 15.4. The predicted molar refractivity (Wildman–Crippen MR) is 86.9 cm³/mol. The van der Waals surface area contributed by atoms with Gasteiger partial charge in [0.05, 0.1) is 0 Å². The zero-order valence-corrected chi connectivity index (χ0v) is 14.2. The lowest BCUT2D eigenvalue weighted by Gasteiger charge is -2.29. The van der Waals surface area contributed by atoms with Crippen LogP contribution in [0.25, 0.3) is 0 Å². The SMILES string of the molecule is CCCCCCCC(C)(CCCCCC)C(=O)C(C)O. The van der Waals surface area contributed by atoms with Gasteiger partial charge in [0.25, 0.3) is 0 Å². The van der Waals surface area contributed by atoms with Crippen molar-refractivity contribution in [2.45, 2.75) is 104 Å². The maximum atomic E-state index is 12.3. The monoisotopic (exact) mass is 284 g/mol. The smallest absolute Gasteiger partial charge is 0.166 e. The quantitative estimate of drug-likeness (QED) is 0.468. The summed E-state index contributed by atoms with van der Waals surface area (Å²) < 4.78 is 0. The van der Waals surface area contributed by atoms with Crippen molar-refractivity contribution in [3.05, 3.63) is 0 Å². The summed E-state index contributed by atoms with van der Waals surface area (Å²) in [6.07, 6.45) is 12.0. The molecule has 2 unspecified atom stereocenters. The van der Waals surface area contributed by atoms with Gasteiger partial charge < -0.3 is 5.11 Å². The third kappa shape index (κ3) is 8.04.